The van der Waals surface area contributed by atoms with Gasteiger partial charge in [-0.1, -0.05) is 48.5 Å². The summed E-state index contributed by atoms with van der Waals surface area (Å²) in [5.41, 5.74) is 0.585. The first-order valence-electron chi connectivity index (χ1n) is 8.01. The monoisotopic (exact) mass is 382 g/mol. The number of imide groups is 2. The molecule has 3 rings (SSSR count). The van der Waals surface area contributed by atoms with Crippen molar-refractivity contribution in [3.8, 4) is 5.75 Å². The molecular formula is C20H15ClN2O4. The maximum atomic E-state index is 12.8. The number of barbiturate groups is 1. The van der Waals surface area contributed by atoms with Gasteiger partial charge in [-0.25, -0.2) is 9.69 Å². The molecule has 1 heterocycles. The highest BCUT2D eigenvalue weighted by molar-refractivity contribution is 6.42. The molecule has 1 fully saturated rings. The third-order valence-electron chi connectivity index (χ3n) is 3.73. The molecule has 7 heteroatoms. The molecular weight excluding hydrogens is 368 g/mol. The highest BCUT2D eigenvalue weighted by Gasteiger charge is 2.37. The first-order chi connectivity index (χ1) is 13.0. The first-order valence-corrected chi connectivity index (χ1v) is 8.39. The zero-order valence-corrected chi connectivity index (χ0v) is 14.9. The summed E-state index contributed by atoms with van der Waals surface area (Å²) >= 11 is 6.10. The molecule has 0 unspecified atom stereocenters. The number of nitrogens with zero attached hydrogens (tertiary/aromatic N) is 1. The van der Waals surface area contributed by atoms with Crippen LogP contribution >= 0.6 is 11.6 Å². The van der Waals surface area contributed by atoms with E-state index < -0.39 is 17.8 Å². The quantitative estimate of drug-likeness (QED) is 0.487. The minimum Gasteiger partial charge on any atom is -0.490 e. The molecule has 0 spiro atoms. The van der Waals surface area contributed by atoms with E-state index in [1.165, 1.54) is 12.1 Å². The summed E-state index contributed by atoms with van der Waals surface area (Å²) < 4.78 is 5.45. The fourth-order valence-corrected chi connectivity index (χ4v) is 2.75. The molecule has 0 saturated carbocycles. The second-order valence-electron chi connectivity index (χ2n) is 5.58. The molecule has 1 N–H and O–H groups in total. The average molecular weight is 383 g/mol. The van der Waals surface area contributed by atoms with E-state index in [-0.39, 0.29) is 16.3 Å². The normalized spacial score (nSPS) is 15.7. The fourth-order valence-electron chi connectivity index (χ4n) is 2.53. The van der Waals surface area contributed by atoms with Crippen molar-refractivity contribution in [3.05, 3.63) is 77.3 Å². The standard InChI is InChI=1S/C20H15ClN2O4/c1-2-10-27-14-7-5-6-13(11-14)12-15-18(24)22-20(26)23(19(15)25)17-9-4-3-8-16(17)21/h2-9,11-12H,1,10H2,(H,22,24,26)/b15-12-. The third kappa shape index (κ3) is 3.91. The van der Waals surface area contributed by atoms with Crippen LogP contribution in [0.15, 0.2) is 66.8 Å². The summed E-state index contributed by atoms with van der Waals surface area (Å²) in [6.45, 7) is 3.91. The lowest BCUT2D eigenvalue weighted by Crippen LogP contribution is -2.54. The van der Waals surface area contributed by atoms with Crippen LogP contribution in [-0.4, -0.2) is 24.5 Å². The Kier molecular flexibility index (Phi) is 5.38. The van der Waals surface area contributed by atoms with Crippen molar-refractivity contribution in [1.82, 2.24) is 5.32 Å². The lowest BCUT2D eigenvalue weighted by Gasteiger charge is -2.27. The van der Waals surface area contributed by atoms with Crippen LogP contribution in [0.2, 0.25) is 5.02 Å². The van der Waals surface area contributed by atoms with Crippen LogP contribution in [0.3, 0.4) is 0 Å². The van der Waals surface area contributed by atoms with E-state index in [1.54, 1.807) is 48.5 Å². The number of hydrogen-bond acceptors (Lipinski definition) is 4. The van der Waals surface area contributed by atoms with Crippen molar-refractivity contribution in [2.24, 2.45) is 0 Å². The number of amides is 4. The van der Waals surface area contributed by atoms with E-state index in [1.807, 2.05) is 0 Å². The molecule has 0 atom stereocenters. The highest BCUT2D eigenvalue weighted by Crippen LogP contribution is 2.29. The van der Waals surface area contributed by atoms with Crippen LogP contribution in [0.5, 0.6) is 5.75 Å². The molecule has 4 amide bonds. The Balaban J connectivity index is 1.97. The zero-order valence-electron chi connectivity index (χ0n) is 14.1. The number of anilines is 1. The van der Waals surface area contributed by atoms with Crippen LogP contribution in [0.4, 0.5) is 10.5 Å². The topological polar surface area (TPSA) is 75.7 Å². The Morgan fingerprint density at radius 3 is 2.63 bits per heavy atom. The summed E-state index contributed by atoms with van der Waals surface area (Å²) in [6, 6.07) is 12.4. The molecule has 1 aliphatic heterocycles. The smallest absolute Gasteiger partial charge is 0.335 e. The molecule has 2 aromatic carbocycles. The summed E-state index contributed by atoms with van der Waals surface area (Å²) in [7, 11) is 0. The van der Waals surface area contributed by atoms with Gasteiger partial charge in [-0.15, -0.1) is 0 Å². The Bertz CT molecular complexity index is 968. The largest absolute Gasteiger partial charge is 0.490 e. The van der Waals surface area contributed by atoms with Gasteiger partial charge in [0, 0.05) is 0 Å². The van der Waals surface area contributed by atoms with Crippen LogP contribution in [0.1, 0.15) is 5.56 Å². The number of urea groups is 1. The van der Waals surface area contributed by atoms with Gasteiger partial charge in [-0.2, -0.15) is 0 Å². The number of carbonyl (C=O) groups is 3. The van der Waals surface area contributed by atoms with Crippen molar-refractivity contribution in [3.63, 3.8) is 0 Å². The molecule has 1 aliphatic rings. The van der Waals surface area contributed by atoms with Crippen LogP contribution in [0, 0.1) is 0 Å². The van der Waals surface area contributed by atoms with Crippen molar-refractivity contribution in [2.45, 2.75) is 0 Å². The fraction of sp³-hybridized carbons (Fsp3) is 0.0500. The van der Waals surface area contributed by atoms with Crippen molar-refractivity contribution >= 4 is 41.2 Å². The number of ether oxygens (including phenoxy) is 1. The Morgan fingerprint density at radius 2 is 1.89 bits per heavy atom. The summed E-state index contributed by atoms with van der Waals surface area (Å²) in [6.07, 6.45) is 3.01. The van der Waals surface area contributed by atoms with E-state index in [2.05, 4.69) is 11.9 Å². The number of halogens is 1. The SMILES string of the molecule is C=CCOc1cccc(/C=C2/C(=O)NC(=O)N(c3ccccc3Cl)C2=O)c1. The van der Waals surface area contributed by atoms with E-state index in [0.717, 1.165) is 4.90 Å². The van der Waals surface area contributed by atoms with Gasteiger partial charge in [0.25, 0.3) is 11.8 Å². The lowest BCUT2D eigenvalue weighted by molar-refractivity contribution is -0.122. The third-order valence-corrected chi connectivity index (χ3v) is 4.05. The van der Waals surface area contributed by atoms with Crippen molar-refractivity contribution < 1.29 is 19.1 Å². The van der Waals surface area contributed by atoms with Gasteiger partial charge < -0.3 is 4.74 Å². The number of rotatable bonds is 5. The number of hydrogen-bond donors (Lipinski definition) is 1. The predicted molar refractivity (Wildman–Crippen MR) is 103 cm³/mol. The van der Waals surface area contributed by atoms with Crippen molar-refractivity contribution in [1.29, 1.82) is 0 Å². The van der Waals surface area contributed by atoms with E-state index in [0.29, 0.717) is 17.9 Å². The minimum absolute atomic E-state index is 0.185. The second-order valence-corrected chi connectivity index (χ2v) is 5.99. The van der Waals surface area contributed by atoms with E-state index in [4.69, 9.17) is 16.3 Å². The first kappa shape index (κ1) is 18.4. The summed E-state index contributed by atoms with van der Waals surface area (Å²) in [5, 5.41) is 2.38. The number of benzene rings is 2. The molecule has 2 aromatic rings. The number of para-hydroxylation sites is 1. The molecule has 136 valence electrons. The van der Waals surface area contributed by atoms with Crippen LogP contribution in [-0.2, 0) is 9.59 Å². The molecule has 27 heavy (non-hydrogen) atoms. The zero-order chi connectivity index (χ0) is 19.4. The van der Waals surface area contributed by atoms with Gasteiger partial charge in [-0.3, -0.25) is 14.9 Å². The van der Waals surface area contributed by atoms with Gasteiger partial charge in [0.05, 0.1) is 10.7 Å². The number of nitrogens with one attached hydrogen (secondary N) is 1. The van der Waals surface area contributed by atoms with Gasteiger partial charge in [0.1, 0.15) is 17.9 Å². The number of carbonyl (C=O) groups excluding carboxylic acids is 3. The summed E-state index contributed by atoms with van der Waals surface area (Å²) in [5.74, 6) is -0.966. The lowest BCUT2D eigenvalue weighted by atomic mass is 10.1. The second kappa shape index (κ2) is 7.88. The van der Waals surface area contributed by atoms with E-state index in [9.17, 15) is 14.4 Å². The molecule has 0 bridgehead atoms. The highest BCUT2D eigenvalue weighted by atomic mass is 35.5. The van der Waals surface area contributed by atoms with Gasteiger partial charge in [0.15, 0.2) is 0 Å². The predicted octanol–water partition coefficient (Wildman–Crippen LogP) is 3.57. The molecule has 0 aromatic heterocycles. The molecule has 0 radical (unpaired) electrons. The van der Waals surface area contributed by atoms with Crippen LogP contribution < -0.4 is 15.0 Å². The van der Waals surface area contributed by atoms with E-state index >= 15 is 0 Å². The molecule has 0 aliphatic carbocycles. The summed E-state index contributed by atoms with van der Waals surface area (Å²) in [4.78, 5) is 38.1. The Labute approximate surface area is 160 Å². The maximum Gasteiger partial charge on any atom is 0.335 e. The molecule has 1 saturated heterocycles. The molecule has 6 nitrogen and oxygen atoms in total. The van der Waals surface area contributed by atoms with Crippen LogP contribution in [0.25, 0.3) is 6.08 Å². The van der Waals surface area contributed by atoms with Gasteiger partial charge in [-0.05, 0) is 35.9 Å². The minimum atomic E-state index is -0.849. The van der Waals surface area contributed by atoms with Gasteiger partial charge in [0.2, 0.25) is 0 Å². The Hall–Kier alpha value is -3.38. The van der Waals surface area contributed by atoms with Crippen molar-refractivity contribution in [2.75, 3.05) is 11.5 Å². The van der Waals surface area contributed by atoms with Gasteiger partial charge >= 0.3 is 6.03 Å². The average Bonchev–Trinajstić information content (AvgIpc) is 2.65. The Morgan fingerprint density at radius 1 is 1.11 bits per heavy atom. The maximum absolute atomic E-state index is 12.8.